The summed E-state index contributed by atoms with van der Waals surface area (Å²) in [6, 6.07) is 7.40. The van der Waals surface area contributed by atoms with Gasteiger partial charge in [0.15, 0.2) is 0 Å². The number of thiophene rings is 1. The van der Waals surface area contributed by atoms with E-state index in [1.165, 1.54) is 0 Å². The molecule has 0 bridgehead atoms. The zero-order chi connectivity index (χ0) is 19.2. The van der Waals surface area contributed by atoms with Gasteiger partial charge in [-0.3, -0.25) is 4.79 Å². The maximum absolute atomic E-state index is 13.5. The zero-order valence-corrected chi connectivity index (χ0v) is 18.2. The standard InChI is InChI=1S/C19H21BrN2O3S2/c1-2-19(23)21-9-7-13-11-14(20)18(12-16(13)21)27(24,25)22-8-3-5-15(22)17-6-4-10-26-17/h4,6,10-12,15H,2-3,5,7-9H2,1H3. The van der Waals surface area contributed by atoms with Crippen molar-refractivity contribution in [1.29, 1.82) is 0 Å². The van der Waals surface area contributed by atoms with Crippen molar-refractivity contribution >= 4 is 48.9 Å². The van der Waals surface area contributed by atoms with Crippen LogP contribution in [0.15, 0.2) is 39.0 Å². The Bertz CT molecular complexity index is 973. The number of fused-ring (bicyclic) bond motifs is 1. The van der Waals surface area contributed by atoms with Crippen LogP contribution in [0.4, 0.5) is 5.69 Å². The minimum Gasteiger partial charge on any atom is -0.312 e. The monoisotopic (exact) mass is 468 g/mol. The fraction of sp³-hybridized carbons (Fsp3) is 0.421. The molecule has 27 heavy (non-hydrogen) atoms. The molecule has 3 heterocycles. The predicted octanol–water partition coefficient (Wildman–Crippen LogP) is 4.34. The quantitative estimate of drug-likeness (QED) is 0.670. The highest BCUT2D eigenvalue weighted by atomic mass is 79.9. The van der Waals surface area contributed by atoms with Crippen molar-refractivity contribution in [3.8, 4) is 0 Å². The van der Waals surface area contributed by atoms with Crippen LogP contribution >= 0.6 is 27.3 Å². The molecule has 1 unspecified atom stereocenters. The number of sulfonamides is 1. The van der Waals surface area contributed by atoms with Crippen LogP contribution in [0, 0.1) is 0 Å². The summed E-state index contributed by atoms with van der Waals surface area (Å²) in [5.41, 5.74) is 1.74. The van der Waals surface area contributed by atoms with Gasteiger partial charge in [0.1, 0.15) is 0 Å². The van der Waals surface area contributed by atoms with Crippen LogP contribution < -0.4 is 4.90 Å². The molecular weight excluding hydrogens is 448 g/mol. The molecule has 4 rings (SSSR count). The Morgan fingerprint density at radius 2 is 2.15 bits per heavy atom. The number of hydrogen-bond acceptors (Lipinski definition) is 4. The third-order valence-electron chi connectivity index (χ3n) is 5.29. The lowest BCUT2D eigenvalue weighted by Gasteiger charge is -2.25. The van der Waals surface area contributed by atoms with Crippen molar-refractivity contribution in [1.82, 2.24) is 4.31 Å². The summed E-state index contributed by atoms with van der Waals surface area (Å²) in [5.74, 6) is 0.0251. The van der Waals surface area contributed by atoms with Crippen LogP contribution in [0.3, 0.4) is 0 Å². The first-order chi connectivity index (χ1) is 12.9. The van der Waals surface area contributed by atoms with Crippen molar-refractivity contribution in [3.63, 3.8) is 0 Å². The normalized spacial score (nSPS) is 20.2. The second kappa shape index (κ2) is 7.31. The first-order valence-electron chi connectivity index (χ1n) is 9.11. The molecular formula is C19H21BrN2O3S2. The summed E-state index contributed by atoms with van der Waals surface area (Å²) in [5, 5.41) is 1.98. The van der Waals surface area contributed by atoms with Crippen LogP contribution in [0.2, 0.25) is 0 Å². The van der Waals surface area contributed by atoms with Crippen molar-refractivity contribution < 1.29 is 13.2 Å². The lowest BCUT2D eigenvalue weighted by Crippen LogP contribution is -2.31. The van der Waals surface area contributed by atoms with Gasteiger partial charge in [0.2, 0.25) is 15.9 Å². The maximum atomic E-state index is 13.5. The summed E-state index contributed by atoms with van der Waals surface area (Å²) < 4.78 is 29.2. The number of benzene rings is 1. The minimum atomic E-state index is -3.67. The minimum absolute atomic E-state index is 0.0251. The molecule has 0 N–H and O–H groups in total. The molecule has 2 aromatic rings. The van der Waals surface area contributed by atoms with Gasteiger partial charge in [-0.05, 0) is 64.3 Å². The number of carbonyl (C=O) groups excluding carboxylic acids is 1. The van der Waals surface area contributed by atoms with Gasteiger partial charge in [-0.15, -0.1) is 11.3 Å². The Morgan fingerprint density at radius 1 is 1.33 bits per heavy atom. The van der Waals surface area contributed by atoms with E-state index in [1.54, 1.807) is 26.6 Å². The lowest BCUT2D eigenvalue weighted by atomic mass is 10.2. The average molecular weight is 469 g/mol. The van der Waals surface area contributed by atoms with Crippen LogP contribution in [0.1, 0.15) is 42.7 Å². The topological polar surface area (TPSA) is 57.7 Å². The summed E-state index contributed by atoms with van der Waals surface area (Å²) in [6.45, 7) is 2.96. The molecule has 0 radical (unpaired) electrons. The smallest absolute Gasteiger partial charge is 0.244 e. The molecule has 1 aromatic heterocycles. The van der Waals surface area contributed by atoms with Crippen LogP contribution in [-0.2, 0) is 21.2 Å². The second-order valence-electron chi connectivity index (χ2n) is 6.85. The van der Waals surface area contributed by atoms with Crippen LogP contribution in [0.5, 0.6) is 0 Å². The zero-order valence-electron chi connectivity index (χ0n) is 15.0. The van der Waals surface area contributed by atoms with E-state index in [-0.39, 0.29) is 16.8 Å². The molecule has 0 spiro atoms. The molecule has 144 valence electrons. The second-order valence-corrected chi connectivity index (χ2v) is 10.5. The van der Waals surface area contributed by atoms with E-state index >= 15 is 0 Å². The molecule has 1 fully saturated rings. The van der Waals surface area contributed by atoms with Crippen molar-refractivity contribution in [2.75, 3.05) is 18.0 Å². The van der Waals surface area contributed by atoms with Gasteiger partial charge < -0.3 is 4.90 Å². The molecule has 1 aromatic carbocycles. The predicted molar refractivity (Wildman–Crippen MR) is 111 cm³/mol. The third kappa shape index (κ3) is 3.26. The van der Waals surface area contributed by atoms with Gasteiger partial charge in [0, 0.05) is 34.5 Å². The number of halogens is 1. The van der Waals surface area contributed by atoms with Gasteiger partial charge in [0.25, 0.3) is 0 Å². The highest BCUT2D eigenvalue weighted by molar-refractivity contribution is 9.10. The Balaban J connectivity index is 1.75. The molecule has 1 atom stereocenters. The molecule has 0 saturated carbocycles. The summed E-state index contributed by atoms with van der Waals surface area (Å²) in [6.07, 6.45) is 2.85. The first-order valence-corrected chi connectivity index (χ1v) is 12.2. The molecule has 2 aliphatic rings. The number of nitrogens with zero attached hydrogens (tertiary/aromatic N) is 2. The van der Waals surface area contributed by atoms with Gasteiger partial charge in [-0.1, -0.05) is 13.0 Å². The lowest BCUT2D eigenvalue weighted by molar-refractivity contribution is -0.118. The molecule has 1 saturated heterocycles. The largest absolute Gasteiger partial charge is 0.312 e. The molecule has 0 aliphatic carbocycles. The van der Waals surface area contributed by atoms with E-state index in [1.807, 2.05) is 30.5 Å². The highest BCUT2D eigenvalue weighted by Crippen LogP contribution is 2.42. The number of carbonyl (C=O) groups is 1. The van der Waals surface area contributed by atoms with E-state index in [9.17, 15) is 13.2 Å². The average Bonchev–Trinajstić information content (AvgIpc) is 3.38. The first kappa shape index (κ1) is 19.1. The van der Waals surface area contributed by atoms with Gasteiger partial charge >= 0.3 is 0 Å². The number of amides is 1. The van der Waals surface area contributed by atoms with Crippen molar-refractivity contribution in [3.05, 3.63) is 44.6 Å². The van der Waals surface area contributed by atoms with Crippen molar-refractivity contribution in [2.45, 2.75) is 43.5 Å². The third-order valence-corrected chi connectivity index (χ3v) is 9.13. The van der Waals surface area contributed by atoms with E-state index in [0.29, 0.717) is 24.0 Å². The Morgan fingerprint density at radius 3 is 2.85 bits per heavy atom. The van der Waals surface area contributed by atoms with E-state index < -0.39 is 10.0 Å². The fourth-order valence-corrected chi connectivity index (χ4v) is 7.64. The number of hydrogen-bond donors (Lipinski definition) is 0. The van der Waals surface area contributed by atoms with Gasteiger partial charge in [-0.2, -0.15) is 4.31 Å². The molecule has 8 heteroatoms. The summed E-state index contributed by atoms with van der Waals surface area (Å²) in [7, 11) is -3.67. The van der Waals surface area contributed by atoms with E-state index in [4.69, 9.17) is 0 Å². The van der Waals surface area contributed by atoms with Gasteiger partial charge in [0.05, 0.1) is 10.9 Å². The Hall–Kier alpha value is -1.22. The van der Waals surface area contributed by atoms with E-state index in [2.05, 4.69) is 15.9 Å². The molecule has 1 amide bonds. The summed E-state index contributed by atoms with van der Waals surface area (Å²) >= 11 is 5.06. The van der Waals surface area contributed by atoms with Gasteiger partial charge in [-0.25, -0.2) is 8.42 Å². The SMILES string of the molecule is CCC(=O)N1CCc2cc(Br)c(S(=O)(=O)N3CCCC3c3cccs3)cc21. The maximum Gasteiger partial charge on any atom is 0.244 e. The molecule has 2 aliphatic heterocycles. The summed E-state index contributed by atoms with van der Waals surface area (Å²) in [4.78, 5) is 15.3. The van der Waals surface area contributed by atoms with Crippen LogP contribution in [0.25, 0.3) is 0 Å². The number of rotatable bonds is 4. The Kier molecular flexibility index (Phi) is 5.18. The van der Waals surface area contributed by atoms with Crippen LogP contribution in [-0.4, -0.2) is 31.7 Å². The van der Waals surface area contributed by atoms with E-state index in [0.717, 1.165) is 35.4 Å². The molecule has 5 nitrogen and oxygen atoms in total. The highest BCUT2D eigenvalue weighted by Gasteiger charge is 2.38. The number of anilines is 1. The Labute approximate surface area is 172 Å². The van der Waals surface area contributed by atoms with Crippen molar-refractivity contribution in [2.24, 2.45) is 0 Å². The fourth-order valence-electron chi connectivity index (χ4n) is 3.96.